The maximum absolute atomic E-state index is 4.73. The number of hydrogen-bond acceptors (Lipinski definition) is 3. The number of rotatable bonds is 3. The van der Waals surface area contributed by atoms with E-state index in [2.05, 4.69) is 28.6 Å². The number of likely N-dealkylation sites (tertiary alicyclic amines) is 1. The van der Waals surface area contributed by atoms with Gasteiger partial charge in [0, 0.05) is 37.8 Å². The van der Waals surface area contributed by atoms with Gasteiger partial charge in [0.15, 0.2) is 0 Å². The van der Waals surface area contributed by atoms with Crippen molar-refractivity contribution in [2.24, 2.45) is 0 Å². The number of hydrogen-bond donors (Lipinski definition) is 1. The van der Waals surface area contributed by atoms with Crippen molar-refractivity contribution in [2.75, 3.05) is 19.6 Å². The van der Waals surface area contributed by atoms with Crippen LogP contribution in [0.25, 0.3) is 0 Å². The summed E-state index contributed by atoms with van der Waals surface area (Å²) in [4.78, 5) is 7.34. The van der Waals surface area contributed by atoms with Crippen molar-refractivity contribution in [3.8, 4) is 0 Å². The molecule has 1 N–H and O–H groups in total. The van der Waals surface area contributed by atoms with Crippen molar-refractivity contribution < 1.29 is 0 Å². The number of aromatic nitrogens is 2. The van der Waals surface area contributed by atoms with Gasteiger partial charge in [-0.15, -0.1) is 0 Å². The highest BCUT2D eigenvalue weighted by Crippen LogP contribution is 2.22. The lowest BCUT2D eigenvalue weighted by molar-refractivity contribution is 0.241. The Balaban J connectivity index is 1.81. The third kappa shape index (κ3) is 2.08. The molecule has 2 aliphatic heterocycles. The van der Waals surface area contributed by atoms with E-state index in [0.29, 0.717) is 0 Å². The second kappa shape index (κ2) is 5.02. The molecular formula is C14H24N4. The third-order valence-electron chi connectivity index (χ3n) is 4.48. The fourth-order valence-electron chi connectivity index (χ4n) is 3.48. The number of aryl methyl sites for hydroxylation is 1. The minimum atomic E-state index is 0.724. The number of nitrogens with zero attached hydrogens (tertiary/aromatic N) is 3. The molecule has 18 heavy (non-hydrogen) atoms. The van der Waals surface area contributed by atoms with Gasteiger partial charge < -0.3 is 9.88 Å². The SMILES string of the molecule is CCN1CCCC1Cn1c(C)nc2c1CCNC2. The molecule has 0 saturated carbocycles. The molecule has 3 heterocycles. The molecule has 2 aliphatic rings. The van der Waals surface area contributed by atoms with Crippen molar-refractivity contribution in [2.45, 2.75) is 52.2 Å². The average Bonchev–Trinajstić information content (AvgIpc) is 2.95. The summed E-state index contributed by atoms with van der Waals surface area (Å²) in [7, 11) is 0. The fourth-order valence-corrected chi connectivity index (χ4v) is 3.48. The van der Waals surface area contributed by atoms with Crippen LogP contribution in [0.15, 0.2) is 0 Å². The van der Waals surface area contributed by atoms with E-state index in [9.17, 15) is 0 Å². The highest BCUT2D eigenvalue weighted by Gasteiger charge is 2.26. The van der Waals surface area contributed by atoms with E-state index >= 15 is 0 Å². The monoisotopic (exact) mass is 248 g/mol. The van der Waals surface area contributed by atoms with Gasteiger partial charge in [0.2, 0.25) is 0 Å². The zero-order chi connectivity index (χ0) is 12.5. The van der Waals surface area contributed by atoms with E-state index < -0.39 is 0 Å². The van der Waals surface area contributed by atoms with E-state index in [-0.39, 0.29) is 0 Å². The molecule has 0 radical (unpaired) electrons. The van der Waals surface area contributed by atoms with Crippen LogP contribution in [0.3, 0.4) is 0 Å². The molecule has 4 nitrogen and oxygen atoms in total. The number of fused-ring (bicyclic) bond motifs is 1. The van der Waals surface area contributed by atoms with Crippen LogP contribution in [0, 0.1) is 6.92 Å². The Kier molecular flexibility index (Phi) is 3.39. The van der Waals surface area contributed by atoms with E-state index in [4.69, 9.17) is 4.98 Å². The Hall–Kier alpha value is -0.870. The first-order valence-electron chi connectivity index (χ1n) is 7.29. The molecule has 1 unspecified atom stereocenters. The van der Waals surface area contributed by atoms with Crippen LogP contribution in [-0.2, 0) is 19.5 Å². The van der Waals surface area contributed by atoms with E-state index in [1.165, 1.54) is 43.1 Å². The summed E-state index contributed by atoms with van der Waals surface area (Å²) in [5.41, 5.74) is 2.76. The van der Waals surface area contributed by atoms with Crippen LogP contribution in [0.5, 0.6) is 0 Å². The molecule has 1 aromatic rings. The maximum Gasteiger partial charge on any atom is 0.106 e. The molecule has 0 bridgehead atoms. The van der Waals surface area contributed by atoms with Crippen molar-refractivity contribution in [3.63, 3.8) is 0 Å². The fraction of sp³-hybridized carbons (Fsp3) is 0.786. The normalized spacial score (nSPS) is 24.4. The summed E-state index contributed by atoms with van der Waals surface area (Å²) in [5.74, 6) is 1.20. The van der Waals surface area contributed by atoms with Gasteiger partial charge in [0.05, 0.1) is 5.69 Å². The quantitative estimate of drug-likeness (QED) is 0.876. The molecule has 0 aliphatic carbocycles. The molecule has 1 aromatic heterocycles. The van der Waals surface area contributed by atoms with E-state index in [1.807, 2.05) is 0 Å². The Morgan fingerprint density at radius 2 is 2.33 bits per heavy atom. The number of likely N-dealkylation sites (N-methyl/N-ethyl adjacent to an activating group) is 1. The number of imidazole rings is 1. The Bertz CT molecular complexity index is 424. The first kappa shape index (κ1) is 12.2. The lowest BCUT2D eigenvalue weighted by Gasteiger charge is -2.25. The predicted octanol–water partition coefficient (Wildman–Crippen LogP) is 1.32. The molecule has 100 valence electrons. The smallest absolute Gasteiger partial charge is 0.106 e. The van der Waals surface area contributed by atoms with Gasteiger partial charge in [-0.05, 0) is 32.9 Å². The van der Waals surface area contributed by atoms with Crippen molar-refractivity contribution in [1.82, 2.24) is 19.8 Å². The molecule has 1 saturated heterocycles. The van der Waals surface area contributed by atoms with Gasteiger partial charge >= 0.3 is 0 Å². The Labute approximate surface area is 109 Å². The van der Waals surface area contributed by atoms with Gasteiger partial charge in [-0.1, -0.05) is 6.92 Å². The summed E-state index contributed by atoms with van der Waals surface area (Å²) >= 11 is 0. The topological polar surface area (TPSA) is 33.1 Å². The lowest BCUT2D eigenvalue weighted by atomic mass is 10.1. The first-order valence-corrected chi connectivity index (χ1v) is 7.29. The van der Waals surface area contributed by atoms with E-state index in [0.717, 1.165) is 32.1 Å². The molecule has 3 rings (SSSR count). The summed E-state index contributed by atoms with van der Waals surface area (Å²) in [6.07, 6.45) is 3.84. The molecule has 0 amide bonds. The van der Waals surface area contributed by atoms with Crippen LogP contribution < -0.4 is 5.32 Å². The highest BCUT2D eigenvalue weighted by molar-refractivity contribution is 5.20. The highest BCUT2D eigenvalue weighted by atomic mass is 15.2. The molecule has 1 atom stereocenters. The van der Waals surface area contributed by atoms with E-state index in [1.54, 1.807) is 0 Å². The molecular weight excluding hydrogens is 224 g/mol. The first-order chi connectivity index (χ1) is 8.79. The Morgan fingerprint density at radius 3 is 3.17 bits per heavy atom. The van der Waals surface area contributed by atoms with Crippen molar-refractivity contribution >= 4 is 0 Å². The summed E-state index contributed by atoms with van der Waals surface area (Å²) in [6.45, 7) is 10.1. The second-order valence-corrected chi connectivity index (χ2v) is 5.51. The van der Waals surface area contributed by atoms with Crippen LogP contribution in [0.1, 0.15) is 37.0 Å². The van der Waals surface area contributed by atoms with Gasteiger partial charge in [-0.25, -0.2) is 4.98 Å². The van der Waals surface area contributed by atoms with Gasteiger partial charge in [0.25, 0.3) is 0 Å². The largest absolute Gasteiger partial charge is 0.330 e. The second-order valence-electron chi connectivity index (χ2n) is 5.51. The molecule has 0 spiro atoms. The molecule has 4 heteroatoms. The zero-order valence-corrected chi connectivity index (χ0v) is 11.6. The van der Waals surface area contributed by atoms with Crippen LogP contribution in [0.4, 0.5) is 0 Å². The van der Waals surface area contributed by atoms with Crippen LogP contribution in [-0.4, -0.2) is 40.1 Å². The third-order valence-corrected chi connectivity index (χ3v) is 4.48. The van der Waals surface area contributed by atoms with Gasteiger partial charge in [0.1, 0.15) is 5.82 Å². The summed E-state index contributed by atoms with van der Waals surface area (Å²) < 4.78 is 2.48. The van der Waals surface area contributed by atoms with Crippen LogP contribution in [0.2, 0.25) is 0 Å². The average molecular weight is 248 g/mol. The molecule has 0 aromatic carbocycles. The maximum atomic E-state index is 4.73. The van der Waals surface area contributed by atoms with Gasteiger partial charge in [-0.3, -0.25) is 4.90 Å². The molecule has 1 fully saturated rings. The van der Waals surface area contributed by atoms with Gasteiger partial charge in [-0.2, -0.15) is 0 Å². The zero-order valence-electron chi connectivity index (χ0n) is 11.6. The summed E-state index contributed by atoms with van der Waals surface area (Å²) in [6, 6.07) is 0.724. The Morgan fingerprint density at radius 1 is 1.44 bits per heavy atom. The van der Waals surface area contributed by atoms with Crippen molar-refractivity contribution in [3.05, 3.63) is 17.2 Å². The standard InChI is InChI=1S/C14H24N4/c1-3-17-8-4-5-12(17)10-18-11(2)16-13-9-15-7-6-14(13)18/h12,15H,3-10H2,1-2H3. The predicted molar refractivity (Wildman–Crippen MR) is 72.6 cm³/mol. The van der Waals surface area contributed by atoms with Crippen molar-refractivity contribution in [1.29, 1.82) is 0 Å². The minimum absolute atomic E-state index is 0.724. The lowest BCUT2D eigenvalue weighted by Crippen LogP contribution is -2.34. The summed E-state index contributed by atoms with van der Waals surface area (Å²) in [5, 5.41) is 3.41. The minimum Gasteiger partial charge on any atom is -0.330 e. The van der Waals surface area contributed by atoms with Crippen LogP contribution >= 0.6 is 0 Å². The number of nitrogens with one attached hydrogen (secondary N) is 1.